The molecular formula is C26H24ClF3N6O3. The maximum absolute atomic E-state index is 13.1. The highest BCUT2D eigenvalue weighted by molar-refractivity contribution is 6.32. The van der Waals surface area contributed by atoms with Crippen LogP contribution in [0.5, 0.6) is 5.88 Å². The normalized spacial score (nSPS) is 14.7. The summed E-state index contributed by atoms with van der Waals surface area (Å²) in [5.41, 5.74) is 0.781. The third-order valence-corrected chi connectivity index (χ3v) is 7.17. The number of anilines is 1. The Balaban J connectivity index is 1.69. The van der Waals surface area contributed by atoms with Gasteiger partial charge in [0.1, 0.15) is 16.4 Å². The number of rotatable bonds is 8. The van der Waals surface area contributed by atoms with Crippen LogP contribution in [-0.2, 0) is 12.7 Å². The van der Waals surface area contributed by atoms with Crippen LogP contribution in [0.2, 0.25) is 5.02 Å². The monoisotopic (exact) mass is 560 g/mol. The average molecular weight is 561 g/mol. The number of halogens is 4. The van der Waals surface area contributed by atoms with Crippen LogP contribution in [0.4, 0.5) is 19.0 Å². The first-order chi connectivity index (χ1) is 18.5. The molecule has 39 heavy (non-hydrogen) atoms. The molecule has 2 N–H and O–H groups in total. The molecule has 9 nitrogen and oxygen atoms in total. The topological polar surface area (TPSA) is 115 Å². The molecule has 1 saturated carbocycles. The minimum absolute atomic E-state index is 0.00605. The van der Waals surface area contributed by atoms with Crippen molar-refractivity contribution in [3.05, 3.63) is 58.5 Å². The lowest BCUT2D eigenvalue weighted by atomic mass is 9.80. The van der Waals surface area contributed by atoms with E-state index in [1.165, 1.54) is 25.4 Å². The predicted octanol–water partition coefficient (Wildman–Crippen LogP) is 5.92. The fourth-order valence-corrected chi connectivity index (χ4v) is 4.80. The van der Waals surface area contributed by atoms with Crippen LogP contribution < -0.4 is 10.1 Å². The first-order valence-corrected chi connectivity index (χ1v) is 12.6. The van der Waals surface area contributed by atoms with Crippen LogP contribution >= 0.6 is 11.6 Å². The number of carbonyl (C=O) groups is 1. The van der Waals surface area contributed by atoms with E-state index in [1.807, 2.05) is 6.92 Å². The van der Waals surface area contributed by atoms with E-state index in [1.54, 1.807) is 10.6 Å². The molecule has 3 aromatic heterocycles. The Labute approximate surface area is 226 Å². The number of hydrogen-bond donors (Lipinski definition) is 2. The zero-order valence-corrected chi connectivity index (χ0v) is 21.7. The molecule has 0 amide bonds. The summed E-state index contributed by atoms with van der Waals surface area (Å²) in [5.74, 6) is -0.533. The smallest absolute Gasteiger partial charge is 0.416 e. The van der Waals surface area contributed by atoms with Gasteiger partial charge in [-0.2, -0.15) is 13.2 Å². The predicted molar refractivity (Wildman–Crippen MR) is 138 cm³/mol. The average Bonchev–Trinajstić information content (AvgIpc) is 3.21. The molecule has 204 valence electrons. The Morgan fingerprint density at radius 2 is 1.95 bits per heavy atom. The summed E-state index contributed by atoms with van der Waals surface area (Å²) in [6.07, 6.45) is 0.232. The Kier molecular flexibility index (Phi) is 7.06. The summed E-state index contributed by atoms with van der Waals surface area (Å²) in [6, 6.07) is 6.37. The van der Waals surface area contributed by atoms with Crippen molar-refractivity contribution < 1.29 is 27.8 Å². The number of nitrogens with one attached hydrogen (secondary N) is 1. The Morgan fingerprint density at radius 1 is 1.23 bits per heavy atom. The number of imidazole rings is 1. The number of ether oxygens (including phenoxy) is 1. The second-order valence-electron chi connectivity index (χ2n) is 9.43. The fraction of sp³-hybridized carbons (Fsp3) is 0.346. The second-order valence-corrected chi connectivity index (χ2v) is 9.84. The molecule has 0 bridgehead atoms. The highest BCUT2D eigenvalue weighted by Crippen LogP contribution is 2.35. The third kappa shape index (κ3) is 5.33. The van der Waals surface area contributed by atoms with Gasteiger partial charge in [0.25, 0.3) is 0 Å². The maximum Gasteiger partial charge on any atom is 0.416 e. The first kappa shape index (κ1) is 26.7. The number of nitrogens with zero attached hydrogens (tertiary/aromatic N) is 5. The maximum atomic E-state index is 13.1. The number of methoxy groups -OCH3 is 1. The van der Waals surface area contributed by atoms with Crippen LogP contribution in [-0.4, -0.2) is 48.7 Å². The standard InChI is InChI=1S/C26H24ClF3N6O3/c1-13(15-4-3-5-15)32-20-19-21(34-22(33-20)25(37)38)35-23(16-10-18(27)24(39-2)31-11-16)36(19)12-14-6-8-17(9-7-14)26(28,29)30/h6-11,13,15H,3-5,12H2,1-2H3,(H,37,38)(H,32,33,34)/t13-/m1/s1. The summed E-state index contributed by atoms with van der Waals surface area (Å²) >= 11 is 6.33. The van der Waals surface area contributed by atoms with Crippen LogP contribution in [0.15, 0.2) is 36.5 Å². The van der Waals surface area contributed by atoms with Crippen molar-refractivity contribution in [3.8, 4) is 17.3 Å². The number of aromatic nitrogens is 5. The van der Waals surface area contributed by atoms with Crippen LogP contribution in [0.1, 0.15) is 47.9 Å². The molecule has 4 aromatic rings. The second kappa shape index (κ2) is 10.3. The van der Waals surface area contributed by atoms with Gasteiger partial charge in [-0.15, -0.1) is 0 Å². The number of pyridine rings is 1. The van der Waals surface area contributed by atoms with Gasteiger partial charge in [-0.3, -0.25) is 0 Å². The quantitative estimate of drug-likeness (QED) is 0.273. The van der Waals surface area contributed by atoms with Gasteiger partial charge < -0.3 is 19.7 Å². The van der Waals surface area contributed by atoms with E-state index >= 15 is 0 Å². The Bertz CT molecular complexity index is 1540. The van der Waals surface area contributed by atoms with E-state index in [9.17, 15) is 23.1 Å². The molecule has 0 unspecified atom stereocenters. The molecule has 1 aromatic carbocycles. The number of carboxylic acids is 1. The van der Waals surface area contributed by atoms with Gasteiger partial charge in [-0.25, -0.2) is 24.7 Å². The minimum Gasteiger partial charge on any atom is -0.480 e. The molecule has 1 fully saturated rings. The molecular weight excluding hydrogens is 537 g/mol. The van der Waals surface area contributed by atoms with Gasteiger partial charge in [-0.05, 0) is 49.4 Å². The third-order valence-electron chi connectivity index (χ3n) is 6.90. The van der Waals surface area contributed by atoms with Gasteiger partial charge in [0.2, 0.25) is 11.7 Å². The summed E-state index contributed by atoms with van der Waals surface area (Å²) in [6.45, 7) is 2.10. The van der Waals surface area contributed by atoms with E-state index in [2.05, 4.69) is 25.3 Å². The lowest BCUT2D eigenvalue weighted by molar-refractivity contribution is -0.137. The number of alkyl halides is 3. The summed E-state index contributed by atoms with van der Waals surface area (Å²) in [7, 11) is 1.43. The fourth-order valence-electron chi connectivity index (χ4n) is 4.56. The van der Waals surface area contributed by atoms with Crippen LogP contribution in [0, 0.1) is 5.92 Å². The van der Waals surface area contributed by atoms with E-state index in [0.717, 1.165) is 31.4 Å². The van der Waals surface area contributed by atoms with E-state index in [-0.39, 0.29) is 35.0 Å². The van der Waals surface area contributed by atoms with Gasteiger partial charge in [0.15, 0.2) is 11.5 Å². The molecule has 5 rings (SSSR count). The Hall–Kier alpha value is -3.93. The summed E-state index contributed by atoms with van der Waals surface area (Å²) in [4.78, 5) is 29.1. The molecule has 3 heterocycles. The number of benzene rings is 1. The number of carboxylic acid groups (broad SMARTS) is 1. The zero-order chi connectivity index (χ0) is 27.9. The van der Waals surface area contributed by atoms with E-state index in [4.69, 9.17) is 16.3 Å². The van der Waals surface area contributed by atoms with Crippen molar-refractivity contribution in [1.82, 2.24) is 24.5 Å². The minimum atomic E-state index is -4.47. The Morgan fingerprint density at radius 3 is 2.51 bits per heavy atom. The van der Waals surface area contributed by atoms with Crippen molar-refractivity contribution in [3.63, 3.8) is 0 Å². The van der Waals surface area contributed by atoms with Crippen molar-refractivity contribution in [1.29, 1.82) is 0 Å². The number of hydrogen-bond acceptors (Lipinski definition) is 7. The van der Waals surface area contributed by atoms with Gasteiger partial charge in [-0.1, -0.05) is 30.2 Å². The molecule has 0 aliphatic heterocycles. The van der Waals surface area contributed by atoms with E-state index < -0.39 is 23.5 Å². The zero-order valence-electron chi connectivity index (χ0n) is 21.0. The van der Waals surface area contributed by atoms with Gasteiger partial charge in [0.05, 0.1) is 12.7 Å². The van der Waals surface area contributed by atoms with Crippen molar-refractivity contribution in [2.24, 2.45) is 5.92 Å². The molecule has 1 aliphatic rings. The summed E-state index contributed by atoms with van der Waals surface area (Å²) < 4.78 is 46.3. The van der Waals surface area contributed by atoms with Crippen LogP contribution in [0.25, 0.3) is 22.6 Å². The van der Waals surface area contributed by atoms with Crippen molar-refractivity contribution >= 4 is 34.6 Å². The van der Waals surface area contributed by atoms with Gasteiger partial charge >= 0.3 is 12.1 Å². The molecule has 0 saturated heterocycles. The van der Waals surface area contributed by atoms with E-state index in [0.29, 0.717) is 28.4 Å². The first-order valence-electron chi connectivity index (χ1n) is 12.2. The van der Waals surface area contributed by atoms with Crippen molar-refractivity contribution in [2.75, 3.05) is 12.4 Å². The summed E-state index contributed by atoms with van der Waals surface area (Å²) in [5, 5.41) is 13.2. The largest absolute Gasteiger partial charge is 0.480 e. The lowest BCUT2D eigenvalue weighted by Crippen LogP contribution is -2.31. The SMILES string of the molecule is COc1ncc(-c2nc3nc(C(=O)O)nc(N[C@H](C)C4CCC4)c3n2Cc2ccc(C(F)(F)F)cc2)cc1Cl. The lowest BCUT2D eigenvalue weighted by Gasteiger charge is -2.32. The highest BCUT2D eigenvalue weighted by Gasteiger charge is 2.30. The van der Waals surface area contributed by atoms with Crippen LogP contribution in [0.3, 0.4) is 0 Å². The molecule has 13 heteroatoms. The number of aromatic carboxylic acids is 1. The number of fused-ring (bicyclic) bond motifs is 1. The van der Waals surface area contributed by atoms with Crippen molar-refractivity contribution in [2.45, 2.75) is 44.9 Å². The molecule has 0 spiro atoms. The highest BCUT2D eigenvalue weighted by atomic mass is 35.5. The molecule has 1 aliphatic carbocycles. The molecule has 0 radical (unpaired) electrons. The van der Waals surface area contributed by atoms with Gasteiger partial charge in [0, 0.05) is 24.3 Å². The molecule has 1 atom stereocenters.